The number of hydrogen-bond donors (Lipinski definition) is 0. The zero-order valence-corrected chi connectivity index (χ0v) is 13.7. The molecule has 1 saturated heterocycles. The number of thioether (sulfide) groups is 1. The van der Waals surface area contributed by atoms with Gasteiger partial charge in [-0.3, -0.25) is 4.79 Å². The highest BCUT2D eigenvalue weighted by Crippen LogP contribution is 2.22. The number of anilines is 1. The maximum absolute atomic E-state index is 11.8. The second kappa shape index (κ2) is 7.97. The van der Waals surface area contributed by atoms with Crippen LogP contribution >= 0.6 is 11.8 Å². The van der Waals surface area contributed by atoms with Crippen molar-refractivity contribution in [2.75, 3.05) is 23.7 Å². The van der Waals surface area contributed by atoms with Gasteiger partial charge in [-0.25, -0.2) is 9.97 Å². The molecule has 0 N–H and O–H groups in total. The summed E-state index contributed by atoms with van der Waals surface area (Å²) >= 11 is 1.38. The third kappa shape index (κ3) is 4.69. The molecule has 0 saturated carbocycles. The maximum atomic E-state index is 11.8. The van der Waals surface area contributed by atoms with Gasteiger partial charge in [0.15, 0.2) is 0 Å². The largest absolute Gasteiger partial charge is 0.460 e. The van der Waals surface area contributed by atoms with Gasteiger partial charge in [-0.2, -0.15) is 0 Å². The number of nitrogens with zero attached hydrogens (tertiary/aromatic N) is 3. The molecule has 2 aromatic rings. The van der Waals surface area contributed by atoms with Gasteiger partial charge in [0.25, 0.3) is 0 Å². The standard InChI is InChI=1S/C17H19N3O2S/c21-17(22-11-14-6-2-1-3-7-14)12-23-16-10-15(18-13-19-16)20-8-4-5-9-20/h1-3,6-7,10,13H,4-5,8-9,11-12H2. The molecule has 0 spiro atoms. The van der Waals surface area contributed by atoms with E-state index in [-0.39, 0.29) is 11.7 Å². The molecule has 6 heteroatoms. The van der Waals surface area contributed by atoms with Gasteiger partial charge in [0.2, 0.25) is 0 Å². The average molecular weight is 329 g/mol. The van der Waals surface area contributed by atoms with E-state index < -0.39 is 0 Å². The third-order valence-electron chi connectivity index (χ3n) is 3.64. The number of rotatable bonds is 6. The molecule has 0 radical (unpaired) electrons. The van der Waals surface area contributed by atoms with Crippen molar-refractivity contribution in [2.24, 2.45) is 0 Å². The smallest absolute Gasteiger partial charge is 0.316 e. The molecule has 3 rings (SSSR count). The van der Waals surface area contributed by atoms with Crippen molar-refractivity contribution in [2.45, 2.75) is 24.5 Å². The second-order valence-electron chi connectivity index (χ2n) is 5.34. The molecule has 1 aliphatic rings. The topological polar surface area (TPSA) is 55.3 Å². The van der Waals surface area contributed by atoms with Crippen LogP contribution in [0.3, 0.4) is 0 Å². The molecule has 2 heterocycles. The minimum absolute atomic E-state index is 0.236. The van der Waals surface area contributed by atoms with Crippen molar-refractivity contribution >= 4 is 23.5 Å². The molecule has 0 atom stereocenters. The normalized spacial score (nSPS) is 14.0. The predicted octanol–water partition coefficient (Wildman–Crippen LogP) is 2.91. The highest BCUT2D eigenvalue weighted by molar-refractivity contribution is 7.99. The predicted molar refractivity (Wildman–Crippen MR) is 90.4 cm³/mol. The van der Waals surface area contributed by atoms with Gasteiger partial charge >= 0.3 is 5.97 Å². The number of esters is 1. The van der Waals surface area contributed by atoms with E-state index in [1.807, 2.05) is 36.4 Å². The Hall–Kier alpha value is -2.08. The minimum atomic E-state index is -0.236. The zero-order valence-electron chi connectivity index (χ0n) is 12.9. The van der Waals surface area contributed by atoms with Crippen molar-refractivity contribution in [3.63, 3.8) is 0 Å². The number of carbonyl (C=O) groups excluding carboxylic acids is 1. The van der Waals surface area contributed by atoms with Gasteiger partial charge < -0.3 is 9.64 Å². The van der Waals surface area contributed by atoms with Crippen molar-refractivity contribution in [3.8, 4) is 0 Å². The SMILES string of the molecule is O=C(CSc1cc(N2CCCC2)ncn1)OCc1ccccc1. The van der Waals surface area contributed by atoms with E-state index in [9.17, 15) is 4.79 Å². The van der Waals surface area contributed by atoms with Gasteiger partial charge in [0.05, 0.1) is 5.75 Å². The van der Waals surface area contributed by atoms with E-state index in [0.29, 0.717) is 6.61 Å². The summed E-state index contributed by atoms with van der Waals surface area (Å²) in [6, 6.07) is 11.6. The van der Waals surface area contributed by atoms with Crippen LogP contribution in [0.25, 0.3) is 0 Å². The summed E-state index contributed by atoms with van der Waals surface area (Å²) in [4.78, 5) is 22.6. The van der Waals surface area contributed by atoms with Crippen molar-refractivity contribution in [3.05, 3.63) is 48.3 Å². The first-order valence-electron chi connectivity index (χ1n) is 7.70. The molecule has 0 aliphatic carbocycles. The summed E-state index contributed by atoms with van der Waals surface area (Å²) in [6.45, 7) is 2.39. The summed E-state index contributed by atoms with van der Waals surface area (Å²) in [5, 5.41) is 0.804. The Bertz CT molecular complexity index is 645. The average Bonchev–Trinajstić information content (AvgIpc) is 3.14. The lowest BCUT2D eigenvalue weighted by molar-refractivity contribution is -0.141. The van der Waals surface area contributed by atoms with E-state index in [0.717, 1.165) is 29.5 Å². The molecule has 23 heavy (non-hydrogen) atoms. The van der Waals surface area contributed by atoms with Crippen LogP contribution in [0, 0.1) is 0 Å². The van der Waals surface area contributed by atoms with Crippen molar-refractivity contribution in [1.82, 2.24) is 9.97 Å². The van der Waals surface area contributed by atoms with E-state index in [4.69, 9.17) is 4.74 Å². The quantitative estimate of drug-likeness (QED) is 0.461. The number of ether oxygens (including phenoxy) is 1. The van der Waals surface area contributed by atoms with Crippen LogP contribution < -0.4 is 4.90 Å². The first-order valence-corrected chi connectivity index (χ1v) is 8.69. The first kappa shape index (κ1) is 15.8. The Morgan fingerprint density at radius 1 is 1.17 bits per heavy atom. The summed E-state index contributed by atoms with van der Waals surface area (Å²) < 4.78 is 5.27. The third-order valence-corrected chi connectivity index (χ3v) is 4.54. The lowest BCUT2D eigenvalue weighted by atomic mass is 10.2. The monoisotopic (exact) mass is 329 g/mol. The first-order chi connectivity index (χ1) is 11.3. The van der Waals surface area contributed by atoms with Gasteiger partial charge in [-0.05, 0) is 18.4 Å². The summed E-state index contributed by atoms with van der Waals surface area (Å²) in [6.07, 6.45) is 3.97. The van der Waals surface area contributed by atoms with Crippen LogP contribution in [-0.4, -0.2) is 34.8 Å². The Labute approximate surface area is 140 Å². The summed E-state index contributed by atoms with van der Waals surface area (Å²) in [7, 11) is 0. The molecular formula is C17H19N3O2S. The lowest BCUT2D eigenvalue weighted by Crippen LogP contribution is -2.19. The number of hydrogen-bond acceptors (Lipinski definition) is 6. The van der Waals surface area contributed by atoms with Crippen LogP contribution in [0.4, 0.5) is 5.82 Å². The summed E-state index contributed by atoms with van der Waals surface area (Å²) in [5.74, 6) is 0.960. The van der Waals surface area contributed by atoms with E-state index in [1.165, 1.54) is 24.6 Å². The van der Waals surface area contributed by atoms with Gasteiger partial charge in [0, 0.05) is 19.2 Å². The number of carbonyl (C=O) groups is 1. The Balaban J connectivity index is 1.48. The highest BCUT2D eigenvalue weighted by atomic mass is 32.2. The summed E-state index contributed by atoms with van der Waals surface area (Å²) in [5.41, 5.74) is 0.990. The van der Waals surface area contributed by atoms with Crippen LogP contribution in [0.2, 0.25) is 0 Å². The lowest BCUT2D eigenvalue weighted by Gasteiger charge is -2.16. The fraction of sp³-hybridized carbons (Fsp3) is 0.353. The molecule has 120 valence electrons. The number of benzene rings is 1. The Kier molecular flexibility index (Phi) is 5.47. The molecule has 1 aromatic heterocycles. The van der Waals surface area contributed by atoms with Crippen LogP contribution in [-0.2, 0) is 16.1 Å². The molecule has 0 amide bonds. The van der Waals surface area contributed by atoms with E-state index in [2.05, 4.69) is 14.9 Å². The molecule has 5 nitrogen and oxygen atoms in total. The van der Waals surface area contributed by atoms with Crippen LogP contribution in [0.5, 0.6) is 0 Å². The zero-order chi connectivity index (χ0) is 15.9. The molecule has 1 aliphatic heterocycles. The van der Waals surface area contributed by atoms with Gasteiger partial charge in [-0.15, -0.1) is 0 Å². The minimum Gasteiger partial charge on any atom is -0.460 e. The van der Waals surface area contributed by atoms with Gasteiger partial charge in [-0.1, -0.05) is 42.1 Å². The number of aromatic nitrogens is 2. The Morgan fingerprint density at radius 2 is 1.96 bits per heavy atom. The second-order valence-corrected chi connectivity index (χ2v) is 6.34. The maximum Gasteiger partial charge on any atom is 0.316 e. The molecule has 0 unspecified atom stereocenters. The highest BCUT2D eigenvalue weighted by Gasteiger charge is 2.14. The molecule has 1 fully saturated rings. The van der Waals surface area contributed by atoms with Crippen LogP contribution in [0.15, 0.2) is 47.8 Å². The van der Waals surface area contributed by atoms with Crippen molar-refractivity contribution < 1.29 is 9.53 Å². The fourth-order valence-electron chi connectivity index (χ4n) is 2.44. The van der Waals surface area contributed by atoms with E-state index >= 15 is 0 Å². The van der Waals surface area contributed by atoms with Gasteiger partial charge in [0.1, 0.15) is 23.8 Å². The molecular weight excluding hydrogens is 310 g/mol. The molecule has 0 bridgehead atoms. The van der Waals surface area contributed by atoms with Crippen molar-refractivity contribution in [1.29, 1.82) is 0 Å². The van der Waals surface area contributed by atoms with E-state index in [1.54, 1.807) is 6.33 Å². The Morgan fingerprint density at radius 3 is 2.74 bits per heavy atom. The molecule has 1 aromatic carbocycles. The van der Waals surface area contributed by atoms with Crippen LogP contribution in [0.1, 0.15) is 18.4 Å². The fourth-order valence-corrected chi connectivity index (χ4v) is 3.10.